The van der Waals surface area contributed by atoms with Gasteiger partial charge in [-0.2, -0.15) is 0 Å². The monoisotopic (exact) mass is 207 g/mol. The van der Waals surface area contributed by atoms with Gasteiger partial charge in [0.15, 0.2) is 5.76 Å². The first-order chi connectivity index (χ1) is 7.31. The number of furan rings is 1. The van der Waals surface area contributed by atoms with Crippen molar-refractivity contribution in [3.05, 3.63) is 35.5 Å². The SMILES string of the molecule is NCc1ccc(C(=O)C2=COCCC2)o1. The van der Waals surface area contributed by atoms with Crippen molar-refractivity contribution in [2.45, 2.75) is 19.4 Å². The summed E-state index contributed by atoms with van der Waals surface area (Å²) in [6.45, 7) is 0.992. The van der Waals surface area contributed by atoms with Crippen molar-refractivity contribution in [1.29, 1.82) is 0 Å². The number of carbonyl (C=O) groups is 1. The molecule has 0 amide bonds. The van der Waals surface area contributed by atoms with Crippen LogP contribution >= 0.6 is 0 Å². The smallest absolute Gasteiger partial charge is 0.227 e. The lowest BCUT2D eigenvalue weighted by molar-refractivity contribution is 0.0982. The minimum Gasteiger partial charge on any atom is -0.501 e. The van der Waals surface area contributed by atoms with Gasteiger partial charge in [-0.25, -0.2) is 0 Å². The second-order valence-corrected chi connectivity index (χ2v) is 3.42. The number of hydrogen-bond donors (Lipinski definition) is 1. The summed E-state index contributed by atoms with van der Waals surface area (Å²) >= 11 is 0. The molecule has 0 fully saturated rings. The molecule has 0 aromatic carbocycles. The van der Waals surface area contributed by atoms with Crippen LogP contribution in [0.1, 0.15) is 29.2 Å². The van der Waals surface area contributed by atoms with Gasteiger partial charge >= 0.3 is 0 Å². The molecule has 0 unspecified atom stereocenters. The van der Waals surface area contributed by atoms with Crippen molar-refractivity contribution in [1.82, 2.24) is 0 Å². The molecular formula is C11H13NO3. The highest BCUT2D eigenvalue weighted by Gasteiger charge is 2.18. The molecule has 0 radical (unpaired) electrons. The van der Waals surface area contributed by atoms with Crippen LogP contribution in [0.15, 0.2) is 28.4 Å². The standard InChI is InChI=1S/C11H13NO3/c12-6-9-3-4-10(15-9)11(13)8-2-1-5-14-7-8/h3-4,7H,1-2,5-6,12H2. The maximum absolute atomic E-state index is 11.8. The van der Waals surface area contributed by atoms with Crippen LogP contribution in [0.3, 0.4) is 0 Å². The first-order valence-electron chi connectivity index (χ1n) is 4.95. The zero-order valence-electron chi connectivity index (χ0n) is 8.36. The number of ether oxygens (including phenoxy) is 1. The van der Waals surface area contributed by atoms with Gasteiger partial charge < -0.3 is 14.9 Å². The Morgan fingerprint density at radius 3 is 2.93 bits per heavy atom. The Bertz CT molecular complexity index is 392. The summed E-state index contributed by atoms with van der Waals surface area (Å²) in [7, 11) is 0. The Hall–Kier alpha value is -1.55. The Kier molecular flexibility index (Phi) is 2.87. The minimum atomic E-state index is -0.102. The van der Waals surface area contributed by atoms with Crippen molar-refractivity contribution >= 4 is 5.78 Å². The molecule has 2 rings (SSSR count). The van der Waals surface area contributed by atoms with E-state index in [-0.39, 0.29) is 5.78 Å². The maximum Gasteiger partial charge on any atom is 0.227 e. The lowest BCUT2D eigenvalue weighted by Crippen LogP contribution is -2.08. The molecule has 1 aliphatic heterocycles. The highest BCUT2D eigenvalue weighted by Crippen LogP contribution is 2.18. The molecule has 4 nitrogen and oxygen atoms in total. The summed E-state index contributed by atoms with van der Waals surface area (Å²) in [5.41, 5.74) is 6.06. The van der Waals surface area contributed by atoms with E-state index in [1.807, 2.05) is 0 Å². The zero-order valence-corrected chi connectivity index (χ0v) is 8.36. The van der Waals surface area contributed by atoms with Gasteiger partial charge in [0, 0.05) is 5.57 Å². The predicted molar refractivity (Wildman–Crippen MR) is 54.2 cm³/mol. The molecule has 0 saturated carbocycles. The van der Waals surface area contributed by atoms with Gasteiger partial charge in [-0.1, -0.05) is 0 Å². The van der Waals surface area contributed by atoms with E-state index in [9.17, 15) is 4.79 Å². The fourth-order valence-electron chi connectivity index (χ4n) is 1.50. The molecule has 2 N–H and O–H groups in total. The summed E-state index contributed by atoms with van der Waals surface area (Å²) < 4.78 is 10.4. The summed E-state index contributed by atoms with van der Waals surface area (Å²) in [5.74, 6) is 0.859. The van der Waals surface area contributed by atoms with Gasteiger partial charge in [0.05, 0.1) is 19.4 Å². The normalized spacial score (nSPS) is 15.7. The average molecular weight is 207 g/mol. The molecule has 1 aliphatic rings. The van der Waals surface area contributed by atoms with Crippen LogP contribution in [0.5, 0.6) is 0 Å². The van der Waals surface area contributed by atoms with Gasteiger partial charge in [0.1, 0.15) is 5.76 Å². The molecule has 0 spiro atoms. The number of Topliss-reactive ketones (excluding diaryl/α,β-unsaturated/α-hetero) is 1. The second-order valence-electron chi connectivity index (χ2n) is 3.42. The van der Waals surface area contributed by atoms with Crippen LogP contribution in [0.4, 0.5) is 0 Å². The van der Waals surface area contributed by atoms with Crippen LogP contribution in [-0.4, -0.2) is 12.4 Å². The molecule has 80 valence electrons. The van der Waals surface area contributed by atoms with E-state index in [1.165, 1.54) is 6.26 Å². The van der Waals surface area contributed by atoms with Crippen molar-refractivity contribution < 1.29 is 13.9 Å². The molecule has 0 bridgehead atoms. The molecule has 4 heteroatoms. The third kappa shape index (κ3) is 2.10. The Balaban J connectivity index is 2.16. The fourth-order valence-corrected chi connectivity index (χ4v) is 1.50. The molecule has 1 aromatic heterocycles. The van der Waals surface area contributed by atoms with E-state index >= 15 is 0 Å². The van der Waals surface area contributed by atoms with E-state index in [0.29, 0.717) is 30.2 Å². The highest BCUT2D eigenvalue weighted by molar-refractivity contribution is 6.06. The van der Waals surface area contributed by atoms with E-state index in [4.69, 9.17) is 14.9 Å². The molecule has 0 atom stereocenters. The van der Waals surface area contributed by atoms with Gasteiger partial charge in [-0.3, -0.25) is 4.79 Å². The van der Waals surface area contributed by atoms with Crippen LogP contribution in [0.25, 0.3) is 0 Å². The lowest BCUT2D eigenvalue weighted by atomic mass is 10.0. The molecule has 15 heavy (non-hydrogen) atoms. The topological polar surface area (TPSA) is 65.5 Å². The largest absolute Gasteiger partial charge is 0.501 e. The van der Waals surface area contributed by atoms with Gasteiger partial charge in [0.25, 0.3) is 0 Å². The number of nitrogens with two attached hydrogens (primary N) is 1. The Labute approximate surface area is 87.7 Å². The quantitative estimate of drug-likeness (QED) is 0.765. The second kappa shape index (κ2) is 4.31. The van der Waals surface area contributed by atoms with Gasteiger partial charge in [0.2, 0.25) is 5.78 Å². The Morgan fingerprint density at radius 2 is 2.33 bits per heavy atom. The third-order valence-corrected chi connectivity index (χ3v) is 2.31. The summed E-state index contributed by atoms with van der Waals surface area (Å²) in [6, 6.07) is 3.37. The van der Waals surface area contributed by atoms with E-state index in [2.05, 4.69) is 0 Å². The van der Waals surface area contributed by atoms with E-state index in [1.54, 1.807) is 12.1 Å². The van der Waals surface area contributed by atoms with Crippen molar-refractivity contribution in [2.75, 3.05) is 6.61 Å². The van der Waals surface area contributed by atoms with Crippen LogP contribution in [-0.2, 0) is 11.3 Å². The van der Waals surface area contributed by atoms with Crippen LogP contribution in [0, 0.1) is 0 Å². The zero-order chi connectivity index (χ0) is 10.7. The third-order valence-electron chi connectivity index (χ3n) is 2.31. The van der Waals surface area contributed by atoms with Crippen LogP contribution < -0.4 is 5.73 Å². The summed E-state index contributed by atoms with van der Waals surface area (Å²) in [6.07, 6.45) is 3.15. The summed E-state index contributed by atoms with van der Waals surface area (Å²) in [5, 5.41) is 0. The van der Waals surface area contributed by atoms with E-state index in [0.717, 1.165) is 12.8 Å². The number of ketones is 1. The first kappa shape index (κ1) is 9.98. The predicted octanol–water partition coefficient (Wildman–Crippen LogP) is 1.62. The maximum atomic E-state index is 11.8. The van der Waals surface area contributed by atoms with Crippen LogP contribution in [0.2, 0.25) is 0 Å². The van der Waals surface area contributed by atoms with E-state index < -0.39 is 0 Å². The first-order valence-corrected chi connectivity index (χ1v) is 4.95. The Morgan fingerprint density at radius 1 is 1.47 bits per heavy atom. The number of carbonyl (C=O) groups excluding carboxylic acids is 1. The average Bonchev–Trinajstić information content (AvgIpc) is 2.78. The molecule has 0 aliphatic carbocycles. The molecular weight excluding hydrogens is 194 g/mol. The fraction of sp³-hybridized carbons (Fsp3) is 0.364. The van der Waals surface area contributed by atoms with Crippen molar-refractivity contribution in [3.63, 3.8) is 0 Å². The van der Waals surface area contributed by atoms with Gasteiger partial charge in [-0.05, 0) is 25.0 Å². The molecule has 2 heterocycles. The minimum absolute atomic E-state index is 0.102. The lowest BCUT2D eigenvalue weighted by Gasteiger charge is -2.11. The number of rotatable bonds is 3. The summed E-state index contributed by atoms with van der Waals surface area (Å²) in [4.78, 5) is 11.8. The number of hydrogen-bond acceptors (Lipinski definition) is 4. The molecule has 0 saturated heterocycles. The number of allylic oxidation sites excluding steroid dienone is 1. The van der Waals surface area contributed by atoms with Gasteiger partial charge in [-0.15, -0.1) is 0 Å². The molecule has 1 aromatic rings. The van der Waals surface area contributed by atoms with Crippen molar-refractivity contribution in [3.8, 4) is 0 Å². The highest BCUT2D eigenvalue weighted by atomic mass is 16.5. The van der Waals surface area contributed by atoms with Crippen molar-refractivity contribution in [2.24, 2.45) is 5.73 Å².